The van der Waals surface area contributed by atoms with Crippen LogP contribution in [0.25, 0.3) is 0 Å². The summed E-state index contributed by atoms with van der Waals surface area (Å²) in [5.74, 6) is -1.64. The maximum Gasteiger partial charge on any atom is 0.329 e. The lowest BCUT2D eigenvalue weighted by Gasteiger charge is -2.38. The third kappa shape index (κ3) is 3.09. The summed E-state index contributed by atoms with van der Waals surface area (Å²) in [6, 6.07) is 3.82. The molecule has 7 heteroatoms. The van der Waals surface area contributed by atoms with Gasteiger partial charge in [0.1, 0.15) is 17.1 Å². The van der Waals surface area contributed by atoms with Crippen LogP contribution in [0, 0.1) is 5.82 Å². The third-order valence-corrected chi connectivity index (χ3v) is 3.87. The van der Waals surface area contributed by atoms with Crippen LogP contribution in [0.5, 0.6) is 5.75 Å². The van der Waals surface area contributed by atoms with E-state index >= 15 is 0 Å². The number of nitrogens with one attached hydrogen (secondary N) is 1. The Labute approximate surface area is 123 Å². The predicted octanol–water partition coefficient (Wildman–Crippen LogP) is 2.09. The number of aliphatic carboxylic acids is 1. The summed E-state index contributed by atoms with van der Waals surface area (Å²) in [4.78, 5) is 22.8. The minimum Gasteiger partial charge on any atom is -0.483 e. The zero-order chi connectivity index (χ0) is 14.8. The quantitative estimate of drug-likeness (QED) is 0.856. The molecule has 5 nitrogen and oxygen atoms in total. The average Bonchev–Trinajstić information content (AvgIpc) is 2.32. The molecule has 1 aromatic carbocycles. The first kappa shape index (κ1) is 14.8. The lowest BCUT2D eigenvalue weighted by atomic mass is 9.77. The maximum absolute atomic E-state index is 12.9. The van der Waals surface area contributed by atoms with Crippen molar-refractivity contribution in [2.75, 3.05) is 6.61 Å². The van der Waals surface area contributed by atoms with E-state index in [1.165, 1.54) is 18.2 Å². The van der Waals surface area contributed by atoms with Gasteiger partial charge in [-0.15, -0.1) is 0 Å². The molecule has 2 N–H and O–H groups in total. The molecular weight excluding hydrogens is 333 g/mol. The van der Waals surface area contributed by atoms with Gasteiger partial charge in [-0.3, -0.25) is 4.79 Å². The van der Waals surface area contributed by atoms with E-state index in [4.69, 9.17) is 9.84 Å². The molecule has 0 aromatic heterocycles. The normalized spacial score (nSPS) is 16.1. The van der Waals surface area contributed by atoms with E-state index in [1.807, 2.05) is 0 Å². The number of hydrogen-bond acceptors (Lipinski definition) is 3. The molecular formula is C13H13BrFNO4. The second-order valence-electron chi connectivity index (χ2n) is 4.65. The van der Waals surface area contributed by atoms with Crippen molar-refractivity contribution in [3.63, 3.8) is 0 Å². The molecule has 0 heterocycles. The van der Waals surface area contributed by atoms with Gasteiger partial charge in [-0.05, 0) is 53.4 Å². The molecule has 0 bridgehead atoms. The Kier molecular flexibility index (Phi) is 4.27. The van der Waals surface area contributed by atoms with Crippen LogP contribution >= 0.6 is 15.9 Å². The Morgan fingerprint density at radius 1 is 1.45 bits per heavy atom. The first-order valence-electron chi connectivity index (χ1n) is 6.05. The number of halogens is 2. The van der Waals surface area contributed by atoms with Crippen molar-refractivity contribution in [2.24, 2.45) is 0 Å². The van der Waals surface area contributed by atoms with Gasteiger partial charge in [0.25, 0.3) is 5.91 Å². The predicted molar refractivity (Wildman–Crippen MR) is 72.0 cm³/mol. The highest BCUT2D eigenvalue weighted by Gasteiger charge is 2.45. The molecule has 0 aliphatic heterocycles. The van der Waals surface area contributed by atoms with E-state index in [0.717, 1.165) is 6.42 Å². The number of ether oxygens (including phenoxy) is 1. The molecule has 20 heavy (non-hydrogen) atoms. The first-order valence-corrected chi connectivity index (χ1v) is 6.84. The van der Waals surface area contributed by atoms with Crippen LogP contribution in [0.4, 0.5) is 4.39 Å². The fraction of sp³-hybridized carbons (Fsp3) is 0.385. The van der Waals surface area contributed by atoms with Crippen LogP contribution in [0.1, 0.15) is 19.3 Å². The molecule has 1 saturated carbocycles. The zero-order valence-electron chi connectivity index (χ0n) is 10.5. The van der Waals surface area contributed by atoms with E-state index < -0.39 is 23.2 Å². The fourth-order valence-corrected chi connectivity index (χ4v) is 2.43. The summed E-state index contributed by atoms with van der Waals surface area (Å²) >= 11 is 3.12. The lowest BCUT2D eigenvalue weighted by Crippen LogP contribution is -2.59. The fourth-order valence-electron chi connectivity index (χ4n) is 1.96. The molecule has 2 rings (SSSR count). The lowest BCUT2D eigenvalue weighted by molar-refractivity contribution is -0.152. The van der Waals surface area contributed by atoms with Crippen LogP contribution < -0.4 is 10.1 Å². The van der Waals surface area contributed by atoms with Gasteiger partial charge in [-0.25, -0.2) is 9.18 Å². The number of hydrogen-bond donors (Lipinski definition) is 2. The summed E-state index contributed by atoms with van der Waals surface area (Å²) in [6.45, 7) is -0.320. The number of carboxylic acids is 1. The van der Waals surface area contributed by atoms with Crippen LogP contribution in [0.15, 0.2) is 22.7 Å². The van der Waals surface area contributed by atoms with Gasteiger partial charge in [0, 0.05) is 0 Å². The molecule has 1 amide bonds. The molecule has 0 spiro atoms. The van der Waals surface area contributed by atoms with Crippen LogP contribution in [0.2, 0.25) is 0 Å². The second kappa shape index (κ2) is 5.78. The minimum absolute atomic E-state index is 0.319. The van der Waals surface area contributed by atoms with Crippen molar-refractivity contribution >= 4 is 27.8 Å². The largest absolute Gasteiger partial charge is 0.483 e. The summed E-state index contributed by atoms with van der Waals surface area (Å²) in [5, 5.41) is 11.6. The number of carboxylic acid groups (broad SMARTS) is 1. The topological polar surface area (TPSA) is 75.6 Å². The number of amides is 1. The third-order valence-electron chi connectivity index (χ3n) is 3.25. The van der Waals surface area contributed by atoms with E-state index in [9.17, 15) is 14.0 Å². The Morgan fingerprint density at radius 2 is 2.15 bits per heavy atom. The van der Waals surface area contributed by atoms with Crippen LogP contribution in [0.3, 0.4) is 0 Å². The molecule has 108 valence electrons. The molecule has 0 radical (unpaired) electrons. The van der Waals surface area contributed by atoms with Crippen molar-refractivity contribution < 1.29 is 23.8 Å². The highest BCUT2D eigenvalue weighted by Crippen LogP contribution is 2.32. The Hall–Kier alpha value is -1.63. The minimum atomic E-state index is -1.15. The number of carbonyl (C=O) groups excluding carboxylic acids is 1. The van der Waals surface area contributed by atoms with Gasteiger partial charge >= 0.3 is 5.97 Å². The van der Waals surface area contributed by atoms with Crippen molar-refractivity contribution in [3.05, 3.63) is 28.5 Å². The SMILES string of the molecule is O=C(COc1ccc(F)cc1Br)NC1(C(=O)O)CCC1. The van der Waals surface area contributed by atoms with Gasteiger partial charge in [0.2, 0.25) is 0 Å². The standard InChI is InChI=1S/C13H13BrFNO4/c14-9-6-8(15)2-3-10(9)20-7-11(17)16-13(12(18)19)4-1-5-13/h2-3,6H,1,4-5,7H2,(H,16,17)(H,18,19). The van der Waals surface area contributed by atoms with Crippen molar-refractivity contribution in [3.8, 4) is 5.75 Å². The van der Waals surface area contributed by atoms with Crippen LogP contribution in [-0.2, 0) is 9.59 Å². The molecule has 0 atom stereocenters. The number of benzene rings is 1. The number of carbonyl (C=O) groups is 2. The average molecular weight is 346 g/mol. The molecule has 1 aliphatic rings. The molecule has 1 aliphatic carbocycles. The maximum atomic E-state index is 12.9. The van der Waals surface area contributed by atoms with Crippen LogP contribution in [-0.4, -0.2) is 29.1 Å². The highest BCUT2D eigenvalue weighted by atomic mass is 79.9. The monoisotopic (exact) mass is 345 g/mol. The summed E-state index contributed by atoms with van der Waals surface area (Å²) in [5.41, 5.74) is -1.15. The van der Waals surface area contributed by atoms with Gasteiger partial charge in [0.15, 0.2) is 6.61 Å². The summed E-state index contributed by atoms with van der Waals surface area (Å²) in [7, 11) is 0. The van der Waals surface area contributed by atoms with Crippen molar-refractivity contribution in [1.29, 1.82) is 0 Å². The Bertz CT molecular complexity index is 545. The zero-order valence-corrected chi connectivity index (χ0v) is 12.1. The van der Waals surface area contributed by atoms with Crippen molar-refractivity contribution in [1.82, 2.24) is 5.32 Å². The van der Waals surface area contributed by atoms with E-state index in [2.05, 4.69) is 21.2 Å². The first-order chi connectivity index (χ1) is 9.43. The Balaban J connectivity index is 1.91. The molecule has 0 unspecified atom stereocenters. The molecule has 1 aromatic rings. The van der Waals surface area contributed by atoms with E-state index in [-0.39, 0.29) is 6.61 Å². The Morgan fingerprint density at radius 3 is 2.65 bits per heavy atom. The van der Waals surface area contributed by atoms with Gasteiger partial charge in [-0.1, -0.05) is 0 Å². The number of rotatable bonds is 5. The smallest absolute Gasteiger partial charge is 0.329 e. The van der Waals surface area contributed by atoms with Gasteiger partial charge < -0.3 is 15.2 Å². The highest BCUT2D eigenvalue weighted by molar-refractivity contribution is 9.10. The van der Waals surface area contributed by atoms with Gasteiger partial charge in [-0.2, -0.15) is 0 Å². The summed E-state index contributed by atoms with van der Waals surface area (Å²) in [6.07, 6.45) is 1.62. The molecule has 0 saturated heterocycles. The van der Waals surface area contributed by atoms with E-state index in [0.29, 0.717) is 23.1 Å². The van der Waals surface area contributed by atoms with Crippen molar-refractivity contribution in [2.45, 2.75) is 24.8 Å². The van der Waals surface area contributed by atoms with E-state index in [1.54, 1.807) is 0 Å². The molecule has 1 fully saturated rings. The summed E-state index contributed by atoms with van der Waals surface area (Å²) < 4.78 is 18.5. The second-order valence-corrected chi connectivity index (χ2v) is 5.51. The van der Waals surface area contributed by atoms with Gasteiger partial charge in [0.05, 0.1) is 4.47 Å².